The lowest BCUT2D eigenvalue weighted by Gasteiger charge is -2.11. The summed E-state index contributed by atoms with van der Waals surface area (Å²) in [6, 6.07) is 14.8. The van der Waals surface area contributed by atoms with Gasteiger partial charge in [-0.3, -0.25) is 9.59 Å². The summed E-state index contributed by atoms with van der Waals surface area (Å²) in [7, 11) is 0. The number of nitrogens with one attached hydrogen (secondary N) is 2. The minimum absolute atomic E-state index is 0.0411. The number of carbonyl (C=O) groups is 3. The highest BCUT2D eigenvalue weighted by molar-refractivity contribution is 5.98. The molecule has 3 rings (SSSR count). The molecule has 0 atom stereocenters. The Morgan fingerprint density at radius 2 is 1.73 bits per heavy atom. The van der Waals surface area contributed by atoms with Crippen molar-refractivity contribution in [2.24, 2.45) is 5.73 Å². The van der Waals surface area contributed by atoms with E-state index in [0.717, 1.165) is 0 Å². The Morgan fingerprint density at radius 1 is 1.00 bits per heavy atom. The van der Waals surface area contributed by atoms with Crippen LogP contribution in [0.4, 0.5) is 21.6 Å². The molecule has 2 aromatic carbocycles. The molecule has 152 valence electrons. The van der Waals surface area contributed by atoms with Crippen LogP contribution in [0.1, 0.15) is 20.7 Å². The van der Waals surface area contributed by atoms with Crippen LogP contribution < -0.4 is 16.4 Å². The van der Waals surface area contributed by atoms with Crippen molar-refractivity contribution in [3.63, 3.8) is 0 Å². The summed E-state index contributed by atoms with van der Waals surface area (Å²) in [6.07, 6.45) is 1.43. The van der Waals surface area contributed by atoms with Crippen molar-refractivity contribution in [2.45, 2.75) is 0 Å². The summed E-state index contributed by atoms with van der Waals surface area (Å²) in [5, 5.41) is 5.27. The quantitative estimate of drug-likeness (QED) is 0.517. The number of primary amides is 1. The van der Waals surface area contributed by atoms with Crippen LogP contribution in [0.2, 0.25) is 0 Å². The highest BCUT2D eigenvalue weighted by atomic mass is 19.1. The van der Waals surface area contributed by atoms with E-state index < -0.39 is 30.2 Å². The standard InChI is InChI=1S/C21H17FN4O4/c22-16-5-1-2-6-17(16)26-20-15(4-3-11-24-20)21(29)30-12-18(27)25-14-9-7-13(8-10-14)19(23)28/h1-11H,12H2,(H2,23,28)(H,24,26)(H,25,27). The fraction of sp³-hybridized carbons (Fsp3) is 0.0476. The lowest BCUT2D eigenvalue weighted by atomic mass is 10.2. The number of aromatic nitrogens is 1. The van der Waals surface area contributed by atoms with E-state index in [1.165, 1.54) is 60.8 Å². The maximum Gasteiger partial charge on any atom is 0.342 e. The third-order valence-corrected chi connectivity index (χ3v) is 3.94. The number of esters is 1. The molecule has 1 aromatic heterocycles. The first-order valence-electron chi connectivity index (χ1n) is 8.77. The smallest absolute Gasteiger partial charge is 0.342 e. The minimum atomic E-state index is -0.804. The van der Waals surface area contributed by atoms with E-state index in [4.69, 9.17) is 10.5 Å². The second-order valence-corrected chi connectivity index (χ2v) is 6.07. The Hall–Kier alpha value is -4.27. The van der Waals surface area contributed by atoms with E-state index in [1.54, 1.807) is 6.07 Å². The van der Waals surface area contributed by atoms with Gasteiger partial charge in [0.05, 0.1) is 5.69 Å². The molecule has 9 heteroatoms. The van der Waals surface area contributed by atoms with E-state index >= 15 is 0 Å². The Balaban J connectivity index is 1.61. The molecule has 0 aliphatic heterocycles. The van der Waals surface area contributed by atoms with Gasteiger partial charge in [0.25, 0.3) is 5.91 Å². The van der Waals surface area contributed by atoms with Gasteiger partial charge in [0, 0.05) is 17.4 Å². The molecule has 30 heavy (non-hydrogen) atoms. The summed E-state index contributed by atoms with van der Waals surface area (Å²) >= 11 is 0. The normalized spacial score (nSPS) is 10.2. The lowest BCUT2D eigenvalue weighted by molar-refractivity contribution is -0.119. The van der Waals surface area contributed by atoms with Crippen molar-refractivity contribution in [3.05, 3.63) is 83.8 Å². The Morgan fingerprint density at radius 3 is 2.43 bits per heavy atom. The summed E-state index contributed by atoms with van der Waals surface area (Å²) in [5.74, 6) is -2.39. The van der Waals surface area contributed by atoms with Crippen LogP contribution in [-0.4, -0.2) is 29.4 Å². The van der Waals surface area contributed by atoms with Gasteiger partial charge < -0.3 is 21.1 Å². The average molecular weight is 408 g/mol. The molecule has 2 amide bonds. The second-order valence-electron chi connectivity index (χ2n) is 6.07. The molecule has 0 aliphatic carbocycles. The van der Waals surface area contributed by atoms with Gasteiger partial charge >= 0.3 is 5.97 Å². The van der Waals surface area contributed by atoms with Gasteiger partial charge in [-0.1, -0.05) is 12.1 Å². The second kappa shape index (κ2) is 9.28. The van der Waals surface area contributed by atoms with E-state index in [9.17, 15) is 18.8 Å². The third-order valence-electron chi connectivity index (χ3n) is 3.94. The van der Waals surface area contributed by atoms with Crippen LogP contribution in [0.5, 0.6) is 0 Å². The minimum Gasteiger partial charge on any atom is -0.452 e. The first kappa shape index (κ1) is 20.5. The Bertz CT molecular complexity index is 1090. The molecular formula is C21H17FN4O4. The van der Waals surface area contributed by atoms with Crippen molar-refractivity contribution in [1.29, 1.82) is 0 Å². The van der Waals surface area contributed by atoms with Gasteiger partial charge in [-0.2, -0.15) is 0 Å². The van der Waals surface area contributed by atoms with E-state index in [1.807, 2.05) is 0 Å². The molecule has 0 unspecified atom stereocenters. The highest BCUT2D eigenvalue weighted by Crippen LogP contribution is 2.21. The van der Waals surface area contributed by atoms with Gasteiger partial charge in [0.1, 0.15) is 17.2 Å². The number of ether oxygens (including phenoxy) is 1. The van der Waals surface area contributed by atoms with Gasteiger partial charge in [-0.15, -0.1) is 0 Å². The van der Waals surface area contributed by atoms with Crippen molar-refractivity contribution in [2.75, 3.05) is 17.2 Å². The maximum atomic E-state index is 13.9. The van der Waals surface area contributed by atoms with Crippen LogP contribution in [-0.2, 0) is 9.53 Å². The summed E-state index contributed by atoms with van der Waals surface area (Å²) < 4.78 is 18.9. The summed E-state index contributed by atoms with van der Waals surface area (Å²) in [6.45, 7) is -0.551. The molecule has 1 heterocycles. The zero-order chi connectivity index (χ0) is 21.5. The molecule has 3 aromatic rings. The number of benzene rings is 2. The van der Waals surface area contributed by atoms with Crippen molar-refractivity contribution in [3.8, 4) is 0 Å². The number of hydrogen-bond donors (Lipinski definition) is 3. The average Bonchev–Trinajstić information content (AvgIpc) is 2.74. The number of carbonyl (C=O) groups excluding carboxylic acids is 3. The summed E-state index contributed by atoms with van der Waals surface area (Å²) in [4.78, 5) is 39.5. The molecule has 8 nitrogen and oxygen atoms in total. The van der Waals surface area contributed by atoms with Crippen LogP contribution in [0.25, 0.3) is 0 Å². The molecule has 0 radical (unpaired) electrons. The number of rotatable bonds is 7. The molecule has 0 fully saturated rings. The molecule has 0 spiro atoms. The largest absolute Gasteiger partial charge is 0.452 e. The predicted octanol–water partition coefficient (Wildman–Crippen LogP) is 2.86. The van der Waals surface area contributed by atoms with Crippen molar-refractivity contribution < 1.29 is 23.5 Å². The van der Waals surface area contributed by atoms with Crippen molar-refractivity contribution >= 4 is 35.0 Å². The lowest BCUT2D eigenvalue weighted by Crippen LogP contribution is -2.21. The fourth-order valence-corrected chi connectivity index (χ4v) is 2.48. The first-order valence-corrected chi connectivity index (χ1v) is 8.77. The zero-order valence-corrected chi connectivity index (χ0v) is 15.6. The van der Waals surface area contributed by atoms with Crippen LogP contribution in [0, 0.1) is 5.82 Å². The van der Waals surface area contributed by atoms with Crippen LogP contribution in [0.3, 0.4) is 0 Å². The van der Waals surface area contributed by atoms with Crippen molar-refractivity contribution in [1.82, 2.24) is 4.98 Å². The zero-order valence-electron chi connectivity index (χ0n) is 15.6. The van der Waals surface area contributed by atoms with Gasteiger partial charge in [0.2, 0.25) is 5.91 Å². The first-order chi connectivity index (χ1) is 14.4. The fourth-order valence-electron chi connectivity index (χ4n) is 2.48. The number of pyridine rings is 1. The number of amides is 2. The monoisotopic (exact) mass is 408 g/mol. The molecule has 4 N–H and O–H groups in total. The van der Waals surface area contributed by atoms with Gasteiger partial charge in [0.15, 0.2) is 6.61 Å². The van der Waals surface area contributed by atoms with E-state index in [0.29, 0.717) is 11.3 Å². The number of para-hydroxylation sites is 1. The topological polar surface area (TPSA) is 123 Å². The number of anilines is 3. The molecule has 0 saturated carbocycles. The van der Waals surface area contributed by atoms with Gasteiger partial charge in [-0.05, 0) is 48.5 Å². The predicted molar refractivity (Wildman–Crippen MR) is 108 cm³/mol. The molecule has 0 saturated heterocycles. The third kappa shape index (κ3) is 5.16. The SMILES string of the molecule is NC(=O)c1ccc(NC(=O)COC(=O)c2cccnc2Nc2ccccc2F)cc1. The molecule has 0 aliphatic rings. The molecular weight excluding hydrogens is 391 g/mol. The Labute approximate surface area is 170 Å². The van der Waals surface area contributed by atoms with Crippen LogP contribution in [0.15, 0.2) is 66.9 Å². The number of hydrogen-bond acceptors (Lipinski definition) is 6. The number of nitrogens with zero attached hydrogens (tertiary/aromatic N) is 1. The summed E-state index contributed by atoms with van der Waals surface area (Å²) in [5.41, 5.74) is 6.04. The maximum absolute atomic E-state index is 13.9. The number of nitrogens with two attached hydrogens (primary N) is 1. The van der Waals surface area contributed by atoms with Gasteiger partial charge in [-0.25, -0.2) is 14.2 Å². The highest BCUT2D eigenvalue weighted by Gasteiger charge is 2.16. The van der Waals surface area contributed by atoms with E-state index in [2.05, 4.69) is 15.6 Å². The Kier molecular flexibility index (Phi) is 6.33. The van der Waals surface area contributed by atoms with E-state index in [-0.39, 0.29) is 17.1 Å². The number of halogens is 1. The van der Waals surface area contributed by atoms with Crippen LogP contribution >= 0.6 is 0 Å². The molecule has 0 bridgehead atoms.